The molecule has 0 aliphatic heterocycles. The molecule has 6 heteroatoms. The van der Waals surface area contributed by atoms with Gasteiger partial charge in [0.25, 0.3) is 0 Å². The molecule has 1 aromatic heterocycles. The Morgan fingerprint density at radius 2 is 2.20 bits per heavy atom. The van der Waals surface area contributed by atoms with Crippen LogP contribution in [0.5, 0.6) is 0 Å². The van der Waals surface area contributed by atoms with Crippen LogP contribution >= 0.6 is 24.2 Å². The van der Waals surface area contributed by atoms with Crippen LogP contribution in [0.2, 0.25) is 5.15 Å². The van der Waals surface area contributed by atoms with Gasteiger partial charge in [0.1, 0.15) is 22.4 Å². The molecule has 0 amide bonds. The molecule has 80 valence electrons. The zero-order valence-corrected chi connectivity index (χ0v) is 9.77. The summed E-state index contributed by atoms with van der Waals surface area (Å²) in [6.45, 7) is 1.73. The van der Waals surface area contributed by atoms with E-state index in [1.54, 1.807) is 6.92 Å². The number of nitrogens with one attached hydrogen (secondary N) is 1. The van der Waals surface area contributed by atoms with Gasteiger partial charge in [-0.1, -0.05) is 11.6 Å². The Morgan fingerprint density at radius 1 is 1.53 bits per heavy atom. The monoisotopic (exact) mass is 243 g/mol. The lowest BCUT2D eigenvalue weighted by Crippen LogP contribution is -2.10. The fourth-order valence-electron chi connectivity index (χ4n) is 1.25. The molecule has 0 atom stereocenters. The number of carbonyl (C=O) groups is 1. The van der Waals surface area contributed by atoms with E-state index in [0.29, 0.717) is 17.7 Å². The first-order chi connectivity index (χ1) is 7.08. The van der Waals surface area contributed by atoms with Crippen molar-refractivity contribution in [1.29, 1.82) is 0 Å². The zero-order valence-electron chi connectivity index (χ0n) is 8.12. The average Bonchev–Trinajstić information content (AvgIpc) is 2.85. The highest BCUT2D eigenvalue weighted by Crippen LogP contribution is 2.29. The summed E-state index contributed by atoms with van der Waals surface area (Å²) >= 11 is 9.63. The number of rotatable bonds is 3. The number of nitrogens with zero attached hydrogens (tertiary/aromatic N) is 2. The van der Waals surface area contributed by atoms with E-state index in [4.69, 9.17) is 11.6 Å². The van der Waals surface area contributed by atoms with E-state index in [0.717, 1.165) is 12.8 Å². The zero-order chi connectivity index (χ0) is 11.0. The highest BCUT2D eigenvalue weighted by molar-refractivity contribution is 7.97. The van der Waals surface area contributed by atoms with E-state index < -0.39 is 5.12 Å². The minimum Gasteiger partial charge on any atom is -0.367 e. The number of aromatic nitrogens is 2. The third-order valence-electron chi connectivity index (χ3n) is 2.11. The summed E-state index contributed by atoms with van der Waals surface area (Å²) in [4.78, 5) is 19.3. The molecule has 4 nitrogen and oxygen atoms in total. The second-order valence-electron chi connectivity index (χ2n) is 3.51. The molecule has 0 saturated heterocycles. The minimum absolute atomic E-state index is 0.158. The Labute approximate surface area is 97.9 Å². The molecular weight excluding hydrogens is 234 g/mol. The van der Waals surface area contributed by atoms with Gasteiger partial charge in [-0.2, -0.15) is 0 Å². The van der Waals surface area contributed by atoms with Crippen LogP contribution in [0, 0.1) is 6.92 Å². The van der Waals surface area contributed by atoms with Crippen molar-refractivity contribution < 1.29 is 4.79 Å². The maximum atomic E-state index is 11.3. The van der Waals surface area contributed by atoms with E-state index in [1.807, 2.05) is 0 Å². The summed E-state index contributed by atoms with van der Waals surface area (Å²) in [5.41, 5.74) is 0.262. The summed E-state index contributed by atoms with van der Waals surface area (Å²) in [6, 6.07) is 0.404. The smallest absolute Gasteiger partial charge is 0.223 e. The van der Waals surface area contributed by atoms with Gasteiger partial charge in [0.2, 0.25) is 5.12 Å². The number of halogens is 1. The van der Waals surface area contributed by atoms with Crippen LogP contribution in [-0.2, 0) is 0 Å². The van der Waals surface area contributed by atoms with Crippen molar-refractivity contribution in [3.05, 3.63) is 16.5 Å². The second kappa shape index (κ2) is 3.98. The van der Waals surface area contributed by atoms with Gasteiger partial charge in [-0.25, -0.2) is 9.97 Å². The molecule has 1 fully saturated rings. The number of thiol groups is 1. The molecule has 15 heavy (non-hydrogen) atoms. The van der Waals surface area contributed by atoms with E-state index >= 15 is 0 Å². The van der Waals surface area contributed by atoms with Crippen LogP contribution < -0.4 is 5.32 Å². The largest absolute Gasteiger partial charge is 0.367 e. The quantitative estimate of drug-likeness (QED) is 0.631. The lowest BCUT2D eigenvalue weighted by atomic mass is 10.3. The van der Waals surface area contributed by atoms with Gasteiger partial charge in [0.15, 0.2) is 0 Å². The Bertz CT molecular complexity index is 420. The van der Waals surface area contributed by atoms with Crippen molar-refractivity contribution in [3.63, 3.8) is 0 Å². The Morgan fingerprint density at radius 3 is 2.73 bits per heavy atom. The third kappa shape index (κ3) is 2.41. The molecule has 1 heterocycles. The molecule has 0 unspecified atom stereocenters. The maximum Gasteiger partial charge on any atom is 0.223 e. The molecule has 2 rings (SSSR count). The molecule has 0 radical (unpaired) electrons. The van der Waals surface area contributed by atoms with Crippen molar-refractivity contribution in [2.45, 2.75) is 25.8 Å². The van der Waals surface area contributed by atoms with Crippen LogP contribution in [0.3, 0.4) is 0 Å². The van der Waals surface area contributed by atoms with Crippen LogP contribution in [-0.4, -0.2) is 21.1 Å². The second-order valence-corrected chi connectivity index (χ2v) is 4.27. The molecule has 1 N–H and O–H groups in total. The fourth-order valence-corrected chi connectivity index (χ4v) is 1.83. The lowest BCUT2D eigenvalue weighted by molar-refractivity contribution is 0.109. The highest BCUT2D eigenvalue weighted by Gasteiger charge is 2.25. The van der Waals surface area contributed by atoms with Gasteiger partial charge < -0.3 is 5.32 Å². The van der Waals surface area contributed by atoms with E-state index in [-0.39, 0.29) is 10.7 Å². The summed E-state index contributed by atoms with van der Waals surface area (Å²) < 4.78 is 0. The fraction of sp³-hybridized carbons (Fsp3) is 0.444. The first-order valence-corrected chi connectivity index (χ1v) is 5.44. The molecule has 1 aliphatic carbocycles. The Hall–Kier alpha value is -0.810. The van der Waals surface area contributed by atoms with Gasteiger partial charge >= 0.3 is 0 Å². The van der Waals surface area contributed by atoms with Crippen molar-refractivity contribution in [2.24, 2.45) is 0 Å². The van der Waals surface area contributed by atoms with Crippen LogP contribution in [0.1, 0.15) is 29.0 Å². The molecule has 0 bridgehead atoms. The topological polar surface area (TPSA) is 54.9 Å². The normalized spacial score (nSPS) is 15.1. The van der Waals surface area contributed by atoms with Crippen LogP contribution in [0.4, 0.5) is 5.82 Å². The molecule has 0 aromatic carbocycles. The van der Waals surface area contributed by atoms with Crippen molar-refractivity contribution in [3.8, 4) is 0 Å². The molecular formula is C9H10ClN3OS. The predicted molar refractivity (Wildman–Crippen MR) is 61.7 cm³/mol. The highest BCUT2D eigenvalue weighted by atomic mass is 35.5. The first-order valence-electron chi connectivity index (χ1n) is 4.62. The SMILES string of the molecule is Cc1nc(Cl)c(C(=O)S)c(NC2CC2)n1. The van der Waals surface area contributed by atoms with Crippen LogP contribution in [0.15, 0.2) is 0 Å². The van der Waals surface area contributed by atoms with Crippen LogP contribution in [0.25, 0.3) is 0 Å². The number of hydrogen-bond donors (Lipinski definition) is 2. The number of aryl methyl sites for hydroxylation is 1. The van der Waals surface area contributed by atoms with E-state index in [1.165, 1.54) is 0 Å². The van der Waals surface area contributed by atoms with Crippen molar-refractivity contribution in [2.75, 3.05) is 5.32 Å². The van der Waals surface area contributed by atoms with Gasteiger partial charge in [-0.15, -0.1) is 12.6 Å². The maximum absolute atomic E-state index is 11.3. The third-order valence-corrected chi connectivity index (χ3v) is 2.61. The lowest BCUT2D eigenvalue weighted by Gasteiger charge is -2.09. The van der Waals surface area contributed by atoms with Gasteiger partial charge in [0.05, 0.1) is 0 Å². The summed E-state index contributed by atoms with van der Waals surface area (Å²) in [7, 11) is 0. The molecule has 0 spiro atoms. The predicted octanol–water partition coefficient (Wildman–Crippen LogP) is 2.08. The average molecular weight is 244 g/mol. The van der Waals surface area contributed by atoms with E-state index in [2.05, 4.69) is 27.9 Å². The summed E-state index contributed by atoms with van der Waals surface area (Å²) in [6.07, 6.45) is 2.20. The number of hydrogen-bond acceptors (Lipinski definition) is 4. The molecule has 1 saturated carbocycles. The Balaban J connectivity index is 2.42. The molecule has 1 aliphatic rings. The number of carbonyl (C=O) groups excluding carboxylic acids is 1. The van der Waals surface area contributed by atoms with Gasteiger partial charge in [-0.3, -0.25) is 4.79 Å². The summed E-state index contributed by atoms with van der Waals surface area (Å²) in [5.74, 6) is 1.04. The Kier molecular flexibility index (Phi) is 2.84. The van der Waals surface area contributed by atoms with E-state index in [9.17, 15) is 4.79 Å². The minimum atomic E-state index is -0.414. The van der Waals surface area contributed by atoms with Crippen molar-refractivity contribution >= 4 is 35.2 Å². The van der Waals surface area contributed by atoms with Crippen molar-refractivity contribution in [1.82, 2.24) is 9.97 Å². The standard InChI is InChI=1S/C9H10ClN3OS/c1-4-11-7(10)6(9(14)15)8(12-4)13-5-2-3-5/h5H,2-3H2,1H3,(H,14,15)(H,11,12,13). The first kappa shape index (κ1) is 10.7. The summed E-state index contributed by atoms with van der Waals surface area (Å²) in [5, 5.41) is 2.89. The van der Waals surface area contributed by atoms with Gasteiger partial charge in [-0.05, 0) is 19.8 Å². The van der Waals surface area contributed by atoms with Gasteiger partial charge in [0, 0.05) is 6.04 Å². The molecule has 1 aromatic rings. The number of anilines is 1.